The third-order valence-electron chi connectivity index (χ3n) is 4.86. The Labute approximate surface area is 181 Å². The van der Waals surface area contributed by atoms with Gasteiger partial charge < -0.3 is 10.2 Å². The second-order valence-corrected chi connectivity index (χ2v) is 9.64. The van der Waals surface area contributed by atoms with E-state index in [4.69, 9.17) is 11.6 Å². The van der Waals surface area contributed by atoms with Crippen molar-refractivity contribution in [2.75, 3.05) is 16.8 Å². The average molecular weight is 450 g/mol. The van der Waals surface area contributed by atoms with E-state index in [1.165, 1.54) is 18.2 Å². The molecule has 2 N–H and O–H groups in total. The Balaban J connectivity index is 1.72. The van der Waals surface area contributed by atoms with Gasteiger partial charge >= 0.3 is 0 Å². The predicted molar refractivity (Wildman–Crippen MR) is 117 cm³/mol. The molecule has 1 aliphatic rings. The summed E-state index contributed by atoms with van der Waals surface area (Å²) in [5, 5.41) is 3.03. The molecule has 0 bridgehead atoms. The molecule has 160 valence electrons. The number of carbonyl (C=O) groups is 2. The quantitative estimate of drug-likeness (QED) is 0.677. The molecule has 0 saturated carbocycles. The number of sulfonamides is 1. The van der Waals surface area contributed by atoms with Crippen LogP contribution in [0.1, 0.15) is 26.7 Å². The minimum atomic E-state index is -3.93. The predicted octanol–water partition coefficient (Wildman–Crippen LogP) is 3.41. The highest BCUT2D eigenvalue weighted by Gasteiger charge is 2.29. The van der Waals surface area contributed by atoms with Crippen LogP contribution in [0.4, 0.5) is 11.4 Å². The van der Waals surface area contributed by atoms with Crippen molar-refractivity contribution in [1.82, 2.24) is 4.72 Å². The summed E-state index contributed by atoms with van der Waals surface area (Å²) in [5.41, 5.74) is 1.29. The highest BCUT2D eigenvalue weighted by Crippen LogP contribution is 2.23. The smallest absolute Gasteiger partial charge is 0.242 e. The molecule has 1 atom stereocenters. The lowest BCUT2D eigenvalue weighted by Crippen LogP contribution is -2.47. The van der Waals surface area contributed by atoms with Gasteiger partial charge in [0.15, 0.2) is 0 Å². The number of nitrogens with one attached hydrogen (secondary N) is 2. The Bertz CT molecular complexity index is 1040. The Morgan fingerprint density at radius 2 is 1.83 bits per heavy atom. The highest BCUT2D eigenvalue weighted by atomic mass is 35.5. The molecule has 0 spiro atoms. The molecule has 0 aliphatic carbocycles. The van der Waals surface area contributed by atoms with E-state index in [2.05, 4.69) is 10.0 Å². The SMILES string of the molecule is CC(C)C(NS(=O)(=O)c1cccc(Cl)c1)C(=O)Nc1ccc(N2CCCC2=O)cc1. The molecule has 30 heavy (non-hydrogen) atoms. The van der Waals surface area contributed by atoms with Gasteiger partial charge in [0.05, 0.1) is 4.90 Å². The summed E-state index contributed by atoms with van der Waals surface area (Å²) in [5.74, 6) is -0.678. The first kappa shape index (κ1) is 22.3. The van der Waals surface area contributed by atoms with Gasteiger partial charge in [0, 0.05) is 29.4 Å². The Hall–Kier alpha value is -2.42. The summed E-state index contributed by atoms with van der Waals surface area (Å²) in [6.45, 7) is 4.20. The molecule has 0 radical (unpaired) electrons. The maximum absolute atomic E-state index is 12.8. The summed E-state index contributed by atoms with van der Waals surface area (Å²) in [6.07, 6.45) is 1.38. The molecule has 1 saturated heterocycles. The van der Waals surface area contributed by atoms with Gasteiger partial charge in [-0.1, -0.05) is 31.5 Å². The van der Waals surface area contributed by atoms with E-state index in [0.29, 0.717) is 23.7 Å². The molecule has 1 heterocycles. The largest absolute Gasteiger partial charge is 0.325 e. The zero-order valence-electron chi connectivity index (χ0n) is 16.8. The Kier molecular flexibility index (Phi) is 6.80. The third-order valence-corrected chi connectivity index (χ3v) is 6.53. The van der Waals surface area contributed by atoms with E-state index in [0.717, 1.165) is 12.1 Å². The summed E-state index contributed by atoms with van der Waals surface area (Å²) in [4.78, 5) is 26.4. The molecule has 1 aliphatic heterocycles. The topological polar surface area (TPSA) is 95.6 Å². The van der Waals surface area contributed by atoms with Crippen LogP contribution in [-0.4, -0.2) is 32.8 Å². The number of rotatable bonds is 7. The van der Waals surface area contributed by atoms with Crippen molar-refractivity contribution >= 4 is 44.8 Å². The van der Waals surface area contributed by atoms with Gasteiger partial charge in [-0.05, 0) is 54.8 Å². The summed E-state index contributed by atoms with van der Waals surface area (Å²) < 4.78 is 27.8. The maximum atomic E-state index is 12.8. The van der Waals surface area contributed by atoms with Crippen LogP contribution >= 0.6 is 11.6 Å². The molecule has 9 heteroatoms. The monoisotopic (exact) mass is 449 g/mol. The van der Waals surface area contributed by atoms with E-state index in [1.807, 2.05) is 0 Å². The fourth-order valence-electron chi connectivity index (χ4n) is 3.23. The molecule has 7 nitrogen and oxygen atoms in total. The summed E-state index contributed by atoms with van der Waals surface area (Å²) in [6, 6.07) is 11.8. The van der Waals surface area contributed by atoms with Crippen molar-refractivity contribution in [3.05, 3.63) is 53.6 Å². The van der Waals surface area contributed by atoms with Gasteiger partial charge in [0.1, 0.15) is 6.04 Å². The van der Waals surface area contributed by atoms with Gasteiger partial charge in [-0.3, -0.25) is 9.59 Å². The average Bonchev–Trinajstić information content (AvgIpc) is 3.12. The standard InChI is InChI=1S/C21H24ClN3O4S/c1-14(2)20(24-30(28,29)18-6-3-5-15(22)13-18)21(27)23-16-8-10-17(11-9-16)25-12-4-7-19(25)26/h3,5-6,8-11,13-14,20,24H,4,7,12H2,1-2H3,(H,23,27). The lowest BCUT2D eigenvalue weighted by molar-refractivity contribution is -0.119. The van der Waals surface area contributed by atoms with Crippen molar-refractivity contribution in [1.29, 1.82) is 0 Å². The maximum Gasteiger partial charge on any atom is 0.242 e. The number of benzene rings is 2. The molecule has 2 aromatic carbocycles. The van der Waals surface area contributed by atoms with Gasteiger partial charge in [0.2, 0.25) is 21.8 Å². The van der Waals surface area contributed by atoms with E-state index in [1.54, 1.807) is 49.1 Å². The van der Waals surface area contributed by atoms with Gasteiger partial charge in [-0.25, -0.2) is 8.42 Å². The molecule has 1 unspecified atom stereocenters. The van der Waals surface area contributed by atoms with Crippen LogP contribution < -0.4 is 14.9 Å². The number of amides is 2. The van der Waals surface area contributed by atoms with Crippen LogP contribution in [0, 0.1) is 5.92 Å². The summed E-state index contributed by atoms with van der Waals surface area (Å²) in [7, 11) is -3.93. The van der Waals surface area contributed by atoms with Crippen molar-refractivity contribution in [2.24, 2.45) is 5.92 Å². The van der Waals surface area contributed by atoms with Crippen LogP contribution in [0.2, 0.25) is 5.02 Å². The molecular weight excluding hydrogens is 426 g/mol. The first-order valence-electron chi connectivity index (χ1n) is 9.66. The van der Waals surface area contributed by atoms with Gasteiger partial charge in [-0.2, -0.15) is 4.72 Å². The lowest BCUT2D eigenvalue weighted by Gasteiger charge is -2.22. The fraction of sp³-hybridized carbons (Fsp3) is 0.333. The van der Waals surface area contributed by atoms with E-state index in [-0.39, 0.29) is 16.7 Å². The number of halogens is 1. The third kappa shape index (κ3) is 5.19. The number of hydrogen-bond acceptors (Lipinski definition) is 4. The zero-order chi connectivity index (χ0) is 21.9. The van der Waals surface area contributed by atoms with E-state index in [9.17, 15) is 18.0 Å². The van der Waals surface area contributed by atoms with E-state index >= 15 is 0 Å². The second kappa shape index (κ2) is 9.16. The number of hydrogen-bond donors (Lipinski definition) is 2. The molecule has 2 amide bonds. The first-order chi connectivity index (χ1) is 14.2. The normalized spacial score (nSPS) is 15.5. The molecule has 3 rings (SSSR count). The second-order valence-electron chi connectivity index (χ2n) is 7.49. The van der Waals surface area contributed by atoms with Crippen molar-refractivity contribution in [3.63, 3.8) is 0 Å². The van der Waals surface area contributed by atoms with Gasteiger partial charge in [0.25, 0.3) is 0 Å². The minimum Gasteiger partial charge on any atom is -0.325 e. The molecule has 0 aromatic heterocycles. The number of carbonyl (C=O) groups excluding carboxylic acids is 2. The van der Waals surface area contributed by atoms with Crippen molar-refractivity contribution in [2.45, 2.75) is 37.6 Å². The molecule has 2 aromatic rings. The summed E-state index contributed by atoms with van der Waals surface area (Å²) >= 11 is 5.89. The number of anilines is 2. The number of nitrogens with zero attached hydrogens (tertiary/aromatic N) is 1. The Morgan fingerprint density at radius 1 is 1.13 bits per heavy atom. The highest BCUT2D eigenvalue weighted by molar-refractivity contribution is 7.89. The first-order valence-corrected chi connectivity index (χ1v) is 11.5. The van der Waals surface area contributed by atoms with Crippen molar-refractivity contribution < 1.29 is 18.0 Å². The van der Waals surface area contributed by atoms with Crippen LogP contribution in [0.15, 0.2) is 53.4 Å². The minimum absolute atomic E-state index is 0.00640. The zero-order valence-corrected chi connectivity index (χ0v) is 18.3. The van der Waals surface area contributed by atoms with Crippen LogP contribution in [-0.2, 0) is 19.6 Å². The van der Waals surface area contributed by atoms with Gasteiger partial charge in [-0.15, -0.1) is 0 Å². The van der Waals surface area contributed by atoms with Crippen LogP contribution in [0.5, 0.6) is 0 Å². The van der Waals surface area contributed by atoms with E-state index < -0.39 is 22.0 Å². The Morgan fingerprint density at radius 3 is 2.40 bits per heavy atom. The fourth-order valence-corrected chi connectivity index (χ4v) is 4.87. The van der Waals surface area contributed by atoms with Crippen molar-refractivity contribution in [3.8, 4) is 0 Å². The molecule has 1 fully saturated rings. The van der Waals surface area contributed by atoms with Crippen LogP contribution in [0.3, 0.4) is 0 Å². The molecular formula is C21H24ClN3O4S. The lowest BCUT2D eigenvalue weighted by atomic mass is 10.0. The van der Waals surface area contributed by atoms with Crippen LogP contribution in [0.25, 0.3) is 0 Å².